The van der Waals surface area contributed by atoms with Gasteiger partial charge in [0.1, 0.15) is 5.82 Å². The molecule has 1 aromatic carbocycles. The number of primary amides is 1. The zero-order chi connectivity index (χ0) is 17.6. The van der Waals surface area contributed by atoms with Crippen molar-refractivity contribution < 1.29 is 9.53 Å². The van der Waals surface area contributed by atoms with Crippen molar-refractivity contribution in [2.24, 2.45) is 5.73 Å². The number of pyridine rings is 2. The highest BCUT2D eigenvalue weighted by Gasteiger charge is 2.15. The molecule has 0 unspecified atom stereocenters. The minimum atomic E-state index is -0.468. The van der Waals surface area contributed by atoms with E-state index in [1.54, 1.807) is 19.4 Å². The van der Waals surface area contributed by atoms with Crippen molar-refractivity contribution in [3.05, 3.63) is 66.0 Å². The number of carbonyl (C=O) groups is 1. The number of nitrogens with two attached hydrogens (primary N) is 1. The molecule has 25 heavy (non-hydrogen) atoms. The fraction of sp³-hybridized carbons (Fsp3) is 0.211. The predicted octanol–water partition coefficient (Wildman–Crippen LogP) is 2.38. The van der Waals surface area contributed by atoms with Crippen LogP contribution in [-0.4, -0.2) is 36.1 Å². The summed E-state index contributed by atoms with van der Waals surface area (Å²) >= 11 is 0. The second-order valence-electron chi connectivity index (χ2n) is 5.64. The molecule has 6 heteroatoms. The minimum absolute atomic E-state index is 0.462. The fourth-order valence-electron chi connectivity index (χ4n) is 2.69. The number of nitrogens with zero attached hydrogens (tertiary/aromatic N) is 3. The maximum Gasteiger partial charge on any atom is 0.249 e. The fourth-order valence-corrected chi connectivity index (χ4v) is 2.69. The summed E-state index contributed by atoms with van der Waals surface area (Å²) in [6, 6.07) is 15.0. The molecular weight excluding hydrogens is 316 g/mol. The number of hydrogen-bond donors (Lipinski definition) is 1. The molecule has 128 valence electrons. The van der Waals surface area contributed by atoms with Crippen molar-refractivity contribution in [2.45, 2.75) is 6.54 Å². The van der Waals surface area contributed by atoms with Crippen LogP contribution in [0.4, 0.5) is 5.82 Å². The Balaban J connectivity index is 2.03. The number of benzene rings is 1. The maximum absolute atomic E-state index is 11.9. The number of carbonyl (C=O) groups excluding carboxylic acids is 1. The Morgan fingerprint density at radius 1 is 1.20 bits per heavy atom. The molecule has 2 heterocycles. The molecule has 2 aromatic heterocycles. The van der Waals surface area contributed by atoms with E-state index < -0.39 is 5.91 Å². The van der Waals surface area contributed by atoms with Gasteiger partial charge in [0.2, 0.25) is 5.91 Å². The van der Waals surface area contributed by atoms with E-state index in [1.807, 2.05) is 47.4 Å². The number of anilines is 1. The third-order valence-corrected chi connectivity index (χ3v) is 3.94. The summed E-state index contributed by atoms with van der Waals surface area (Å²) in [4.78, 5) is 23.0. The van der Waals surface area contributed by atoms with Gasteiger partial charge in [-0.3, -0.25) is 9.78 Å². The SMILES string of the molecule is COCCN(Cc1ccccn1)c1cc(C(N)=O)c2ccccc2n1. The molecule has 3 aromatic rings. The third-order valence-electron chi connectivity index (χ3n) is 3.94. The molecule has 1 amide bonds. The lowest BCUT2D eigenvalue weighted by molar-refractivity contribution is 0.100. The Hall–Kier alpha value is -2.99. The Morgan fingerprint density at radius 2 is 2.00 bits per heavy atom. The third kappa shape index (κ3) is 3.92. The molecule has 0 fully saturated rings. The van der Waals surface area contributed by atoms with Crippen LogP contribution in [0.1, 0.15) is 16.1 Å². The molecule has 0 saturated carbocycles. The van der Waals surface area contributed by atoms with E-state index in [2.05, 4.69) is 4.98 Å². The van der Waals surface area contributed by atoms with Gasteiger partial charge in [-0.25, -0.2) is 4.98 Å². The lowest BCUT2D eigenvalue weighted by Gasteiger charge is -2.24. The molecule has 0 aliphatic heterocycles. The number of amides is 1. The summed E-state index contributed by atoms with van der Waals surface area (Å²) in [7, 11) is 1.65. The molecule has 6 nitrogen and oxygen atoms in total. The van der Waals surface area contributed by atoms with Gasteiger partial charge in [-0.2, -0.15) is 0 Å². The Labute approximate surface area is 146 Å². The van der Waals surface area contributed by atoms with E-state index >= 15 is 0 Å². The van der Waals surface area contributed by atoms with Crippen LogP contribution in [0.3, 0.4) is 0 Å². The largest absolute Gasteiger partial charge is 0.383 e. The van der Waals surface area contributed by atoms with Gasteiger partial charge in [-0.1, -0.05) is 24.3 Å². The van der Waals surface area contributed by atoms with Crippen molar-refractivity contribution in [3.63, 3.8) is 0 Å². The second kappa shape index (κ2) is 7.72. The van der Waals surface area contributed by atoms with E-state index in [1.165, 1.54) is 0 Å². The quantitative estimate of drug-likeness (QED) is 0.716. The second-order valence-corrected chi connectivity index (χ2v) is 5.64. The van der Waals surface area contributed by atoms with Crippen molar-refractivity contribution in [3.8, 4) is 0 Å². The summed E-state index contributed by atoms with van der Waals surface area (Å²) in [5, 5.41) is 0.753. The van der Waals surface area contributed by atoms with Crippen LogP contribution >= 0.6 is 0 Å². The van der Waals surface area contributed by atoms with Crippen molar-refractivity contribution in [1.82, 2.24) is 9.97 Å². The highest BCUT2D eigenvalue weighted by Crippen LogP contribution is 2.23. The first-order valence-electron chi connectivity index (χ1n) is 8.02. The van der Waals surface area contributed by atoms with E-state index in [-0.39, 0.29) is 0 Å². The Kier molecular flexibility index (Phi) is 5.20. The summed E-state index contributed by atoms with van der Waals surface area (Å²) in [6.07, 6.45) is 1.76. The van der Waals surface area contributed by atoms with Gasteiger partial charge < -0.3 is 15.4 Å². The van der Waals surface area contributed by atoms with Gasteiger partial charge in [0, 0.05) is 25.2 Å². The number of ether oxygens (including phenoxy) is 1. The van der Waals surface area contributed by atoms with Gasteiger partial charge in [0.05, 0.1) is 29.9 Å². The van der Waals surface area contributed by atoms with E-state index in [0.717, 1.165) is 16.6 Å². The number of fused-ring (bicyclic) bond motifs is 1. The summed E-state index contributed by atoms with van der Waals surface area (Å²) in [5.41, 5.74) is 7.69. The molecule has 0 radical (unpaired) electrons. The van der Waals surface area contributed by atoms with Crippen LogP contribution in [0.5, 0.6) is 0 Å². The number of methoxy groups -OCH3 is 1. The molecule has 2 N–H and O–H groups in total. The number of para-hydroxylation sites is 1. The number of hydrogen-bond acceptors (Lipinski definition) is 5. The molecule has 0 saturated heterocycles. The topological polar surface area (TPSA) is 81.3 Å². The van der Waals surface area contributed by atoms with Gasteiger partial charge >= 0.3 is 0 Å². The molecule has 0 atom stereocenters. The average Bonchev–Trinajstić information content (AvgIpc) is 2.65. The van der Waals surface area contributed by atoms with E-state index in [9.17, 15) is 4.79 Å². The van der Waals surface area contributed by atoms with Gasteiger partial charge in [0.15, 0.2) is 0 Å². The van der Waals surface area contributed by atoms with Gasteiger partial charge in [-0.15, -0.1) is 0 Å². The molecule has 0 aliphatic carbocycles. The lowest BCUT2D eigenvalue weighted by atomic mass is 10.1. The number of aromatic nitrogens is 2. The van der Waals surface area contributed by atoms with Crippen molar-refractivity contribution in [1.29, 1.82) is 0 Å². The normalized spacial score (nSPS) is 10.8. The molecule has 0 aliphatic rings. The molecule has 0 bridgehead atoms. The first-order chi connectivity index (χ1) is 12.2. The van der Waals surface area contributed by atoms with Crippen LogP contribution in [0.25, 0.3) is 10.9 Å². The van der Waals surface area contributed by atoms with Crippen LogP contribution in [0, 0.1) is 0 Å². The zero-order valence-electron chi connectivity index (χ0n) is 14.1. The van der Waals surface area contributed by atoms with E-state index in [4.69, 9.17) is 15.5 Å². The summed E-state index contributed by atoms with van der Waals surface area (Å²) in [6.45, 7) is 1.72. The standard InChI is InChI=1S/C19H20N4O2/c1-25-11-10-23(13-14-6-4-5-9-21-14)18-12-16(19(20)24)15-7-2-3-8-17(15)22-18/h2-9,12H,10-11,13H2,1H3,(H2,20,24). The highest BCUT2D eigenvalue weighted by atomic mass is 16.5. The van der Waals surface area contributed by atoms with Crippen LogP contribution < -0.4 is 10.6 Å². The van der Waals surface area contributed by atoms with Crippen molar-refractivity contribution >= 4 is 22.6 Å². The minimum Gasteiger partial charge on any atom is -0.383 e. The first kappa shape index (κ1) is 16.9. The molecule has 3 rings (SSSR count). The monoisotopic (exact) mass is 336 g/mol. The summed E-state index contributed by atoms with van der Waals surface area (Å²) < 4.78 is 5.22. The smallest absolute Gasteiger partial charge is 0.249 e. The lowest BCUT2D eigenvalue weighted by Crippen LogP contribution is -2.28. The summed E-state index contributed by atoms with van der Waals surface area (Å²) in [5.74, 6) is 0.208. The van der Waals surface area contributed by atoms with Crippen molar-refractivity contribution in [2.75, 3.05) is 25.2 Å². The van der Waals surface area contributed by atoms with Gasteiger partial charge in [0.25, 0.3) is 0 Å². The van der Waals surface area contributed by atoms with Crippen LogP contribution in [-0.2, 0) is 11.3 Å². The van der Waals surface area contributed by atoms with Crippen LogP contribution in [0.2, 0.25) is 0 Å². The zero-order valence-corrected chi connectivity index (χ0v) is 14.1. The molecule has 0 spiro atoms. The van der Waals surface area contributed by atoms with E-state index in [0.29, 0.717) is 31.1 Å². The first-order valence-corrected chi connectivity index (χ1v) is 8.02. The van der Waals surface area contributed by atoms with Gasteiger partial charge in [-0.05, 0) is 24.3 Å². The predicted molar refractivity (Wildman–Crippen MR) is 97.4 cm³/mol. The maximum atomic E-state index is 11.9. The highest BCUT2D eigenvalue weighted by molar-refractivity contribution is 6.06. The Morgan fingerprint density at radius 3 is 2.72 bits per heavy atom. The van der Waals surface area contributed by atoms with Crippen LogP contribution in [0.15, 0.2) is 54.7 Å². The average molecular weight is 336 g/mol. The molecular formula is C19H20N4O2. The Bertz CT molecular complexity index is 868. The number of rotatable bonds is 7.